The molecule has 0 aliphatic rings. The fourth-order valence-corrected chi connectivity index (χ4v) is 1.40. The van der Waals surface area contributed by atoms with E-state index in [4.69, 9.17) is 5.53 Å². The van der Waals surface area contributed by atoms with Gasteiger partial charge in [0.25, 0.3) is 5.56 Å². The second kappa shape index (κ2) is 3.43. The van der Waals surface area contributed by atoms with Crippen molar-refractivity contribution in [3.63, 3.8) is 0 Å². The molecule has 0 fully saturated rings. The van der Waals surface area contributed by atoms with Crippen molar-refractivity contribution in [3.05, 3.63) is 44.8 Å². The van der Waals surface area contributed by atoms with Crippen molar-refractivity contribution in [1.29, 1.82) is 0 Å². The summed E-state index contributed by atoms with van der Waals surface area (Å²) in [5.41, 5.74) is 9.80. The number of nitrogens with zero attached hydrogens (tertiary/aromatic N) is 4. The Morgan fingerprint density at radius 1 is 1.53 bits per heavy atom. The Hall–Kier alpha value is -2.33. The molecular weight excluding hydrogens is 194 g/mol. The Labute approximate surface area is 84.2 Å². The number of hydrogen-bond donors (Lipinski definition) is 1. The lowest BCUT2D eigenvalue weighted by molar-refractivity contribution is 1.16. The molecule has 15 heavy (non-hydrogen) atoms. The van der Waals surface area contributed by atoms with E-state index < -0.39 is 0 Å². The van der Waals surface area contributed by atoms with Crippen molar-refractivity contribution in [2.24, 2.45) is 5.11 Å². The van der Waals surface area contributed by atoms with Crippen LogP contribution >= 0.6 is 0 Å². The quantitative estimate of drug-likeness (QED) is 0.434. The van der Waals surface area contributed by atoms with Crippen molar-refractivity contribution in [1.82, 2.24) is 9.97 Å². The van der Waals surface area contributed by atoms with Crippen LogP contribution in [-0.2, 0) is 0 Å². The van der Waals surface area contributed by atoms with Crippen molar-refractivity contribution in [2.45, 2.75) is 6.92 Å². The number of benzene rings is 1. The molecule has 6 heteroatoms. The third kappa shape index (κ3) is 1.43. The molecule has 0 spiro atoms. The highest BCUT2D eigenvalue weighted by Gasteiger charge is 2.06. The molecule has 74 valence electrons. The Bertz CT molecular complexity index is 624. The third-order valence-corrected chi connectivity index (χ3v) is 2.13. The highest BCUT2D eigenvalue weighted by molar-refractivity contribution is 5.89. The minimum Gasteiger partial charge on any atom is -0.313 e. The summed E-state index contributed by atoms with van der Waals surface area (Å²) >= 11 is 0. The van der Waals surface area contributed by atoms with Gasteiger partial charge in [0.15, 0.2) is 0 Å². The standard InChI is InChI=1S/C9H7N5O/c1-5-2-3-6-8(7(5)13-14-10)11-4-12-9(6)15/h2-4H,1H3,(H,11,12,15). The van der Waals surface area contributed by atoms with Crippen LogP contribution in [0.25, 0.3) is 21.3 Å². The predicted octanol–water partition coefficient (Wildman–Crippen LogP) is 2.17. The van der Waals surface area contributed by atoms with E-state index in [-0.39, 0.29) is 5.56 Å². The second-order valence-electron chi connectivity index (χ2n) is 3.05. The van der Waals surface area contributed by atoms with E-state index in [1.807, 2.05) is 0 Å². The summed E-state index contributed by atoms with van der Waals surface area (Å²) in [6.45, 7) is 1.80. The number of rotatable bonds is 1. The van der Waals surface area contributed by atoms with E-state index in [0.29, 0.717) is 16.6 Å². The summed E-state index contributed by atoms with van der Waals surface area (Å²) in [5, 5.41) is 3.96. The maximum absolute atomic E-state index is 11.4. The molecule has 1 heterocycles. The van der Waals surface area contributed by atoms with Gasteiger partial charge in [-0.3, -0.25) is 4.79 Å². The van der Waals surface area contributed by atoms with Gasteiger partial charge in [-0.15, -0.1) is 0 Å². The monoisotopic (exact) mass is 201 g/mol. The van der Waals surface area contributed by atoms with Crippen molar-refractivity contribution in [2.75, 3.05) is 0 Å². The minimum atomic E-state index is -0.241. The van der Waals surface area contributed by atoms with Gasteiger partial charge in [-0.05, 0) is 24.1 Å². The molecule has 0 amide bonds. The summed E-state index contributed by atoms with van der Waals surface area (Å²) in [6.07, 6.45) is 1.29. The molecule has 2 rings (SSSR count). The summed E-state index contributed by atoms with van der Waals surface area (Å²) in [5.74, 6) is 0. The Kier molecular flexibility index (Phi) is 2.11. The zero-order valence-corrected chi connectivity index (χ0v) is 7.93. The van der Waals surface area contributed by atoms with E-state index >= 15 is 0 Å². The van der Waals surface area contributed by atoms with Crippen molar-refractivity contribution >= 4 is 16.6 Å². The molecule has 0 atom stereocenters. The molecule has 0 saturated carbocycles. The molecule has 1 aromatic carbocycles. The maximum Gasteiger partial charge on any atom is 0.258 e. The average molecular weight is 201 g/mol. The number of nitrogens with one attached hydrogen (secondary N) is 1. The van der Waals surface area contributed by atoms with Gasteiger partial charge in [-0.1, -0.05) is 11.2 Å². The molecule has 2 aromatic rings. The van der Waals surface area contributed by atoms with Crippen LogP contribution in [-0.4, -0.2) is 9.97 Å². The smallest absolute Gasteiger partial charge is 0.258 e. The number of aromatic nitrogens is 2. The summed E-state index contributed by atoms with van der Waals surface area (Å²) in [4.78, 5) is 20.6. The fourth-order valence-electron chi connectivity index (χ4n) is 1.40. The number of aromatic amines is 1. The van der Waals surface area contributed by atoms with Gasteiger partial charge >= 0.3 is 0 Å². The first-order chi connectivity index (χ1) is 7.24. The molecule has 1 N–H and O–H groups in total. The lowest BCUT2D eigenvalue weighted by Crippen LogP contribution is -2.06. The lowest BCUT2D eigenvalue weighted by Gasteiger charge is -2.02. The van der Waals surface area contributed by atoms with Crippen LogP contribution in [0.1, 0.15) is 5.56 Å². The number of aryl methyl sites for hydroxylation is 1. The fraction of sp³-hybridized carbons (Fsp3) is 0.111. The number of hydrogen-bond acceptors (Lipinski definition) is 3. The number of fused-ring (bicyclic) bond motifs is 1. The molecule has 0 unspecified atom stereocenters. The van der Waals surface area contributed by atoms with E-state index in [9.17, 15) is 4.79 Å². The molecular formula is C9H7N5O. The van der Waals surface area contributed by atoms with Gasteiger partial charge in [0, 0.05) is 4.91 Å². The van der Waals surface area contributed by atoms with Crippen LogP contribution in [0.4, 0.5) is 5.69 Å². The summed E-state index contributed by atoms with van der Waals surface area (Å²) in [7, 11) is 0. The Balaban J connectivity index is 3.00. The Morgan fingerprint density at radius 3 is 3.07 bits per heavy atom. The highest BCUT2D eigenvalue weighted by atomic mass is 16.1. The molecule has 6 nitrogen and oxygen atoms in total. The molecule has 0 radical (unpaired) electrons. The molecule has 1 aromatic heterocycles. The van der Waals surface area contributed by atoms with Crippen LogP contribution in [0.5, 0.6) is 0 Å². The predicted molar refractivity (Wildman–Crippen MR) is 55.9 cm³/mol. The first-order valence-corrected chi connectivity index (χ1v) is 4.26. The lowest BCUT2D eigenvalue weighted by atomic mass is 10.1. The van der Waals surface area contributed by atoms with Gasteiger partial charge in [0.05, 0.1) is 22.9 Å². The Morgan fingerprint density at radius 2 is 2.33 bits per heavy atom. The molecule has 0 aliphatic heterocycles. The van der Waals surface area contributed by atoms with Crippen molar-refractivity contribution < 1.29 is 0 Å². The van der Waals surface area contributed by atoms with Crippen molar-refractivity contribution in [3.8, 4) is 0 Å². The maximum atomic E-state index is 11.4. The van der Waals surface area contributed by atoms with E-state index in [1.54, 1.807) is 19.1 Å². The zero-order chi connectivity index (χ0) is 10.8. The van der Waals surface area contributed by atoms with Gasteiger partial charge in [0.2, 0.25) is 0 Å². The largest absolute Gasteiger partial charge is 0.313 e. The SMILES string of the molecule is Cc1ccc2c(=O)[nH]cnc2c1N=[N+]=[N-]. The van der Waals surface area contributed by atoms with Crippen LogP contribution < -0.4 is 5.56 Å². The molecule has 0 bridgehead atoms. The van der Waals surface area contributed by atoms with E-state index in [0.717, 1.165) is 5.56 Å². The topological polar surface area (TPSA) is 94.5 Å². The summed E-state index contributed by atoms with van der Waals surface area (Å²) in [6, 6.07) is 3.39. The van der Waals surface area contributed by atoms with Gasteiger partial charge in [-0.2, -0.15) is 0 Å². The number of H-pyrrole nitrogens is 1. The molecule has 0 aliphatic carbocycles. The van der Waals surface area contributed by atoms with Crippen LogP contribution in [0.15, 0.2) is 28.4 Å². The highest BCUT2D eigenvalue weighted by Crippen LogP contribution is 2.25. The third-order valence-electron chi connectivity index (χ3n) is 2.13. The van der Waals surface area contributed by atoms with Gasteiger partial charge in [-0.25, -0.2) is 4.98 Å². The normalized spacial score (nSPS) is 9.93. The minimum absolute atomic E-state index is 0.241. The second-order valence-corrected chi connectivity index (χ2v) is 3.05. The average Bonchev–Trinajstić information content (AvgIpc) is 2.23. The first-order valence-electron chi connectivity index (χ1n) is 4.26. The zero-order valence-electron chi connectivity index (χ0n) is 7.93. The van der Waals surface area contributed by atoms with Gasteiger partial charge < -0.3 is 4.98 Å². The van der Waals surface area contributed by atoms with Crippen LogP contribution in [0.3, 0.4) is 0 Å². The van der Waals surface area contributed by atoms with E-state index in [1.165, 1.54) is 6.33 Å². The van der Waals surface area contributed by atoms with E-state index in [2.05, 4.69) is 20.0 Å². The number of azide groups is 1. The first kappa shape index (κ1) is 9.23. The summed E-state index contributed by atoms with van der Waals surface area (Å²) < 4.78 is 0. The van der Waals surface area contributed by atoms with Crippen LogP contribution in [0, 0.1) is 6.92 Å². The van der Waals surface area contributed by atoms with Crippen LogP contribution in [0.2, 0.25) is 0 Å². The molecule has 0 saturated heterocycles. The van der Waals surface area contributed by atoms with Gasteiger partial charge in [0.1, 0.15) is 0 Å².